The minimum absolute atomic E-state index is 0.103. The summed E-state index contributed by atoms with van der Waals surface area (Å²) in [6, 6.07) is 16.1. The van der Waals surface area contributed by atoms with Crippen LogP contribution in [0.4, 0.5) is 16.2 Å². The third-order valence-corrected chi connectivity index (χ3v) is 3.40. The lowest BCUT2D eigenvalue weighted by Crippen LogP contribution is -2.39. The standard InChI is InChI=1S/C18H21N3O3/c1-14(22)21(16-9-6-10-17(13-16)24-2)12-11-19-18(23)20-15-7-4-3-5-8-15/h3-10,13H,11-12H2,1-2H3,(H2,19,20,23). The number of carbonyl (C=O) groups excluding carboxylic acids is 2. The Morgan fingerprint density at radius 1 is 1.08 bits per heavy atom. The summed E-state index contributed by atoms with van der Waals surface area (Å²) < 4.78 is 5.18. The second-order valence-electron chi connectivity index (χ2n) is 5.12. The lowest BCUT2D eigenvalue weighted by molar-refractivity contribution is -0.116. The molecule has 0 unspecified atom stereocenters. The van der Waals surface area contributed by atoms with E-state index in [9.17, 15) is 9.59 Å². The van der Waals surface area contributed by atoms with Gasteiger partial charge in [0.25, 0.3) is 0 Å². The van der Waals surface area contributed by atoms with Crippen LogP contribution >= 0.6 is 0 Å². The maximum atomic E-state index is 11.9. The van der Waals surface area contributed by atoms with E-state index in [2.05, 4.69) is 10.6 Å². The van der Waals surface area contributed by atoms with E-state index < -0.39 is 0 Å². The number of carbonyl (C=O) groups is 2. The average molecular weight is 327 g/mol. The molecule has 126 valence electrons. The monoisotopic (exact) mass is 327 g/mol. The summed E-state index contributed by atoms with van der Waals surface area (Å²) in [4.78, 5) is 25.3. The predicted molar refractivity (Wildman–Crippen MR) is 94.5 cm³/mol. The van der Waals surface area contributed by atoms with Gasteiger partial charge in [-0.3, -0.25) is 4.79 Å². The van der Waals surface area contributed by atoms with E-state index in [-0.39, 0.29) is 11.9 Å². The van der Waals surface area contributed by atoms with Crippen molar-refractivity contribution in [2.75, 3.05) is 30.4 Å². The number of nitrogens with one attached hydrogen (secondary N) is 2. The molecule has 0 fully saturated rings. The first-order valence-corrected chi connectivity index (χ1v) is 7.62. The molecule has 0 spiro atoms. The van der Waals surface area contributed by atoms with Crippen molar-refractivity contribution in [2.24, 2.45) is 0 Å². The van der Waals surface area contributed by atoms with Gasteiger partial charge in [0.15, 0.2) is 0 Å². The Morgan fingerprint density at radius 2 is 1.83 bits per heavy atom. The summed E-state index contributed by atoms with van der Waals surface area (Å²) >= 11 is 0. The molecule has 0 bridgehead atoms. The molecule has 0 heterocycles. The predicted octanol–water partition coefficient (Wildman–Crippen LogP) is 2.87. The number of hydrogen-bond donors (Lipinski definition) is 2. The highest BCUT2D eigenvalue weighted by Crippen LogP contribution is 2.20. The van der Waals surface area contributed by atoms with Crippen LogP contribution in [-0.2, 0) is 4.79 Å². The van der Waals surface area contributed by atoms with Crippen molar-refractivity contribution in [3.63, 3.8) is 0 Å². The zero-order chi connectivity index (χ0) is 17.4. The molecule has 2 N–H and O–H groups in total. The molecule has 24 heavy (non-hydrogen) atoms. The number of anilines is 2. The van der Waals surface area contributed by atoms with Crippen LogP contribution in [0.3, 0.4) is 0 Å². The highest BCUT2D eigenvalue weighted by Gasteiger charge is 2.12. The Morgan fingerprint density at radius 3 is 2.50 bits per heavy atom. The van der Waals surface area contributed by atoms with Gasteiger partial charge in [-0.25, -0.2) is 4.79 Å². The molecule has 2 aromatic carbocycles. The molecule has 2 rings (SSSR count). The van der Waals surface area contributed by atoms with E-state index in [1.54, 1.807) is 30.2 Å². The maximum Gasteiger partial charge on any atom is 0.319 e. The smallest absolute Gasteiger partial charge is 0.319 e. The second-order valence-corrected chi connectivity index (χ2v) is 5.12. The Bertz CT molecular complexity index is 689. The lowest BCUT2D eigenvalue weighted by Gasteiger charge is -2.22. The van der Waals surface area contributed by atoms with Gasteiger partial charge in [0.2, 0.25) is 5.91 Å². The molecular weight excluding hydrogens is 306 g/mol. The Balaban J connectivity index is 1.89. The van der Waals surface area contributed by atoms with Crippen LogP contribution in [0.25, 0.3) is 0 Å². The van der Waals surface area contributed by atoms with Crippen LogP contribution in [-0.4, -0.2) is 32.1 Å². The highest BCUT2D eigenvalue weighted by atomic mass is 16.5. The number of nitrogens with zero attached hydrogens (tertiary/aromatic N) is 1. The summed E-state index contributed by atoms with van der Waals surface area (Å²) in [7, 11) is 1.58. The number of urea groups is 1. The van der Waals surface area contributed by atoms with Crippen molar-refractivity contribution in [1.29, 1.82) is 0 Å². The average Bonchev–Trinajstić information content (AvgIpc) is 2.59. The van der Waals surface area contributed by atoms with E-state index in [0.717, 1.165) is 5.69 Å². The van der Waals surface area contributed by atoms with E-state index >= 15 is 0 Å². The lowest BCUT2D eigenvalue weighted by atomic mass is 10.2. The topological polar surface area (TPSA) is 70.7 Å². The number of amides is 3. The molecule has 0 radical (unpaired) electrons. The van der Waals surface area contributed by atoms with Crippen molar-refractivity contribution in [3.05, 3.63) is 54.6 Å². The van der Waals surface area contributed by atoms with Crippen LogP contribution in [0.2, 0.25) is 0 Å². The Labute approximate surface area is 141 Å². The Hall–Kier alpha value is -3.02. The van der Waals surface area contributed by atoms with Gasteiger partial charge in [-0.1, -0.05) is 24.3 Å². The molecule has 0 aliphatic carbocycles. The van der Waals surface area contributed by atoms with Gasteiger partial charge >= 0.3 is 6.03 Å². The van der Waals surface area contributed by atoms with Gasteiger partial charge in [0.1, 0.15) is 5.75 Å². The fraction of sp³-hybridized carbons (Fsp3) is 0.222. The van der Waals surface area contributed by atoms with Gasteiger partial charge in [-0.05, 0) is 24.3 Å². The summed E-state index contributed by atoms with van der Waals surface area (Å²) in [6.45, 7) is 2.18. The summed E-state index contributed by atoms with van der Waals surface area (Å²) in [5.74, 6) is 0.571. The number of ether oxygens (including phenoxy) is 1. The van der Waals surface area contributed by atoms with Crippen LogP contribution < -0.4 is 20.3 Å². The minimum atomic E-state index is -0.310. The fourth-order valence-corrected chi connectivity index (χ4v) is 2.22. The number of benzene rings is 2. The van der Waals surface area contributed by atoms with Gasteiger partial charge in [0.05, 0.1) is 7.11 Å². The molecule has 0 aliphatic heterocycles. The summed E-state index contributed by atoms with van der Waals surface area (Å²) in [5.41, 5.74) is 1.44. The first kappa shape index (κ1) is 17.3. The first-order chi connectivity index (χ1) is 11.6. The molecular formula is C18H21N3O3. The third-order valence-electron chi connectivity index (χ3n) is 3.40. The second kappa shape index (κ2) is 8.57. The SMILES string of the molecule is COc1cccc(N(CCNC(=O)Nc2ccccc2)C(C)=O)c1. The van der Waals surface area contributed by atoms with Gasteiger partial charge in [-0.2, -0.15) is 0 Å². The number of rotatable bonds is 6. The molecule has 6 heteroatoms. The molecule has 2 aromatic rings. The number of methoxy groups -OCH3 is 1. The van der Waals surface area contributed by atoms with Crippen molar-refractivity contribution >= 4 is 23.3 Å². The van der Waals surface area contributed by atoms with Gasteiger partial charge < -0.3 is 20.3 Å². The normalized spacial score (nSPS) is 9.92. The van der Waals surface area contributed by atoms with Crippen LogP contribution in [0.15, 0.2) is 54.6 Å². The van der Waals surface area contributed by atoms with E-state index in [1.807, 2.05) is 36.4 Å². The van der Waals surface area contributed by atoms with Crippen molar-refractivity contribution in [3.8, 4) is 5.75 Å². The third kappa shape index (κ3) is 5.01. The minimum Gasteiger partial charge on any atom is -0.497 e. The van der Waals surface area contributed by atoms with Crippen LogP contribution in [0, 0.1) is 0 Å². The van der Waals surface area contributed by atoms with E-state index in [0.29, 0.717) is 24.5 Å². The molecule has 3 amide bonds. The van der Waals surface area contributed by atoms with Crippen LogP contribution in [0.1, 0.15) is 6.92 Å². The zero-order valence-corrected chi connectivity index (χ0v) is 13.8. The highest BCUT2D eigenvalue weighted by molar-refractivity contribution is 5.92. The van der Waals surface area contributed by atoms with E-state index in [4.69, 9.17) is 4.74 Å². The van der Waals surface area contributed by atoms with E-state index in [1.165, 1.54) is 6.92 Å². The first-order valence-electron chi connectivity index (χ1n) is 7.62. The fourth-order valence-electron chi connectivity index (χ4n) is 2.22. The number of para-hydroxylation sites is 1. The van der Waals surface area contributed by atoms with Gasteiger partial charge in [0, 0.05) is 37.5 Å². The molecule has 0 saturated heterocycles. The molecule has 0 saturated carbocycles. The van der Waals surface area contributed by atoms with Crippen molar-refractivity contribution < 1.29 is 14.3 Å². The maximum absolute atomic E-state index is 11.9. The molecule has 6 nitrogen and oxygen atoms in total. The quantitative estimate of drug-likeness (QED) is 0.857. The Kier molecular flexibility index (Phi) is 6.19. The zero-order valence-electron chi connectivity index (χ0n) is 13.8. The molecule has 0 atom stereocenters. The van der Waals surface area contributed by atoms with Crippen molar-refractivity contribution in [2.45, 2.75) is 6.92 Å². The largest absolute Gasteiger partial charge is 0.497 e. The molecule has 0 aromatic heterocycles. The molecule has 0 aliphatic rings. The van der Waals surface area contributed by atoms with Gasteiger partial charge in [-0.15, -0.1) is 0 Å². The summed E-state index contributed by atoms with van der Waals surface area (Å²) in [6.07, 6.45) is 0. The van der Waals surface area contributed by atoms with Crippen LogP contribution in [0.5, 0.6) is 5.75 Å². The summed E-state index contributed by atoms with van der Waals surface area (Å²) in [5, 5.41) is 5.47. The number of hydrogen-bond acceptors (Lipinski definition) is 3. The van der Waals surface area contributed by atoms with Crippen molar-refractivity contribution in [1.82, 2.24) is 5.32 Å².